The molecule has 0 aliphatic carbocycles. The first-order chi connectivity index (χ1) is 9.74. The summed E-state index contributed by atoms with van der Waals surface area (Å²) in [5, 5.41) is 4.19. The molecule has 1 aromatic carbocycles. The number of nitrogens with two attached hydrogens (primary N) is 1. The molecule has 0 amide bonds. The van der Waals surface area contributed by atoms with Gasteiger partial charge in [-0.3, -0.25) is 4.68 Å². The fraction of sp³-hybridized carbons (Fsp3) is 0.357. The van der Waals surface area contributed by atoms with Crippen molar-refractivity contribution < 1.29 is 13.9 Å². The molecule has 1 aromatic heterocycles. The van der Waals surface area contributed by atoms with E-state index in [4.69, 9.17) is 15.2 Å². The molecule has 2 rings (SSSR count). The zero-order chi connectivity index (χ0) is 14.4. The molecule has 0 saturated carbocycles. The largest absolute Gasteiger partial charge is 0.488 e. The first-order valence-corrected chi connectivity index (χ1v) is 6.38. The van der Waals surface area contributed by atoms with Crippen molar-refractivity contribution in [3.05, 3.63) is 36.4 Å². The highest BCUT2D eigenvalue weighted by molar-refractivity contribution is 5.63. The van der Waals surface area contributed by atoms with Crippen LogP contribution in [0.5, 0.6) is 5.75 Å². The maximum atomic E-state index is 13.6. The van der Waals surface area contributed by atoms with Gasteiger partial charge in [0.25, 0.3) is 0 Å². The van der Waals surface area contributed by atoms with Gasteiger partial charge in [-0.1, -0.05) is 6.07 Å². The molecule has 0 atom stereocenters. The number of benzene rings is 1. The zero-order valence-electron chi connectivity index (χ0n) is 11.4. The average molecular weight is 279 g/mol. The van der Waals surface area contributed by atoms with Gasteiger partial charge in [0.15, 0.2) is 11.6 Å². The van der Waals surface area contributed by atoms with Gasteiger partial charge in [-0.05, 0) is 17.7 Å². The Balaban J connectivity index is 2.16. The summed E-state index contributed by atoms with van der Waals surface area (Å²) in [4.78, 5) is 0. The zero-order valence-corrected chi connectivity index (χ0v) is 11.4. The van der Waals surface area contributed by atoms with Crippen LogP contribution in [0.2, 0.25) is 0 Å². The van der Waals surface area contributed by atoms with Crippen LogP contribution in [0, 0.1) is 5.82 Å². The van der Waals surface area contributed by atoms with Crippen LogP contribution in [-0.4, -0.2) is 36.6 Å². The van der Waals surface area contributed by atoms with Crippen LogP contribution < -0.4 is 10.5 Å². The summed E-state index contributed by atoms with van der Waals surface area (Å²) < 4.78 is 25.6. The Labute approximate surface area is 117 Å². The molecule has 0 spiro atoms. The number of rotatable bonds is 7. The van der Waals surface area contributed by atoms with Crippen molar-refractivity contribution in [2.24, 2.45) is 5.73 Å². The second kappa shape index (κ2) is 7.02. The summed E-state index contributed by atoms with van der Waals surface area (Å²) in [5.41, 5.74) is 7.23. The van der Waals surface area contributed by atoms with Crippen molar-refractivity contribution in [2.75, 3.05) is 26.9 Å². The topological polar surface area (TPSA) is 62.3 Å². The van der Waals surface area contributed by atoms with Crippen LogP contribution in [0.1, 0.15) is 0 Å². The molecule has 0 aliphatic rings. The van der Waals surface area contributed by atoms with Gasteiger partial charge in [-0.25, -0.2) is 4.39 Å². The summed E-state index contributed by atoms with van der Waals surface area (Å²) in [6.45, 7) is 1.90. The molecule has 20 heavy (non-hydrogen) atoms. The minimum absolute atomic E-state index is 0.214. The van der Waals surface area contributed by atoms with E-state index >= 15 is 0 Å². The second-order valence-corrected chi connectivity index (χ2v) is 4.27. The van der Waals surface area contributed by atoms with Gasteiger partial charge >= 0.3 is 0 Å². The minimum atomic E-state index is -0.390. The summed E-state index contributed by atoms with van der Waals surface area (Å²) >= 11 is 0. The van der Waals surface area contributed by atoms with Crippen LogP contribution >= 0.6 is 0 Å². The Kier molecular flexibility index (Phi) is 5.09. The maximum absolute atomic E-state index is 13.6. The quantitative estimate of drug-likeness (QED) is 0.783. The van der Waals surface area contributed by atoms with Gasteiger partial charge in [0.1, 0.15) is 6.61 Å². The summed E-state index contributed by atoms with van der Waals surface area (Å²) in [5.74, 6) is -0.176. The monoisotopic (exact) mass is 279 g/mol. The van der Waals surface area contributed by atoms with E-state index in [-0.39, 0.29) is 11.6 Å². The molecule has 0 bridgehead atoms. The van der Waals surface area contributed by atoms with E-state index in [2.05, 4.69) is 5.10 Å². The molecule has 1 heterocycles. The molecule has 0 aliphatic heterocycles. The maximum Gasteiger partial charge on any atom is 0.165 e. The van der Waals surface area contributed by atoms with Gasteiger partial charge in [0.2, 0.25) is 0 Å². The van der Waals surface area contributed by atoms with Gasteiger partial charge in [0, 0.05) is 25.4 Å². The Hall–Kier alpha value is -1.92. The Morgan fingerprint density at radius 1 is 1.30 bits per heavy atom. The minimum Gasteiger partial charge on any atom is -0.488 e. The van der Waals surface area contributed by atoms with Crippen LogP contribution in [0.25, 0.3) is 11.1 Å². The lowest BCUT2D eigenvalue weighted by Crippen LogP contribution is -2.09. The lowest BCUT2D eigenvalue weighted by molar-refractivity contribution is 0.144. The van der Waals surface area contributed by atoms with Crippen molar-refractivity contribution in [1.82, 2.24) is 9.78 Å². The third-order valence-corrected chi connectivity index (χ3v) is 2.80. The van der Waals surface area contributed by atoms with Crippen LogP contribution in [0.4, 0.5) is 4.39 Å². The van der Waals surface area contributed by atoms with Crippen molar-refractivity contribution >= 4 is 0 Å². The molecule has 0 fully saturated rings. The highest BCUT2D eigenvalue weighted by Gasteiger charge is 2.08. The molecule has 5 nitrogen and oxygen atoms in total. The predicted octanol–water partition coefficient (Wildman–Crippen LogP) is 1.67. The average Bonchev–Trinajstić information content (AvgIpc) is 2.90. The number of hydrogen-bond acceptors (Lipinski definition) is 4. The molecular formula is C14H18FN3O2. The van der Waals surface area contributed by atoms with E-state index in [1.54, 1.807) is 30.1 Å². The van der Waals surface area contributed by atoms with E-state index in [0.29, 0.717) is 26.3 Å². The molecule has 2 aromatic rings. The van der Waals surface area contributed by atoms with Crippen molar-refractivity contribution in [3.8, 4) is 16.9 Å². The smallest absolute Gasteiger partial charge is 0.165 e. The molecule has 0 unspecified atom stereocenters. The van der Waals surface area contributed by atoms with E-state index in [1.807, 2.05) is 6.20 Å². The summed E-state index contributed by atoms with van der Waals surface area (Å²) in [7, 11) is 1.57. The molecule has 108 valence electrons. The molecule has 2 N–H and O–H groups in total. The number of hydrogen-bond donors (Lipinski definition) is 1. The molecule has 0 saturated heterocycles. The fourth-order valence-electron chi connectivity index (χ4n) is 1.80. The van der Waals surface area contributed by atoms with Crippen LogP contribution in [0.3, 0.4) is 0 Å². The van der Waals surface area contributed by atoms with E-state index < -0.39 is 0 Å². The van der Waals surface area contributed by atoms with Gasteiger partial charge in [-0.2, -0.15) is 5.10 Å². The standard InChI is InChI=1S/C14H18FN3O2/c1-19-6-7-20-14-8-11(2-3-13(14)15)12-9-17-18(10-12)5-4-16/h2-3,8-10H,4-7,16H2,1H3. The Morgan fingerprint density at radius 3 is 2.90 bits per heavy atom. The van der Waals surface area contributed by atoms with Gasteiger partial charge in [0.05, 0.1) is 19.3 Å². The van der Waals surface area contributed by atoms with Crippen molar-refractivity contribution in [2.45, 2.75) is 6.54 Å². The number of aromatic nitrogens is 2. The number of ether oxygens (including phenoxy) is 2. The van der Waals surface area contributed by atoms with Crippen molar-refractivity contribution in [3.63, 3.8) is 0 Å². The molecule has 6 heteroatoms. The Bertz CT molecular complexity index is 557. The summed E-state index contributed by atoms with van der Waals surface area (Å²) in [6, 6.07) is 4.74. The van der Waals surface area contributed by atoms with E-state index in [9.17, 15) is 4.39 Å². The predicted molar refractivity (Wildman–Crippen MR) is 74.0 cm³/mol. The van der Waals surface area contributed by atoms with Crippen molar-refractivity contribution in [1.29, 1.82) is 0 Å². The summed E-state index contributed by atoms with van der Waals surface area (Å²) in [6.07, 6.45) is 3.60. The second-order valence-electron chi connectivity index (χ2n) is 4.27. The molecule has 0 radical (unpaired) electrons. The van der Waals surface area contributed by atoms with Crippen LogP contribution in [-0.2, 0) is 11.3 Å². The highest BCUT2D eigenvalue weighted by atomic mass is 19.1. The Morgan fingerprint density at radius 2 is 2.15 bits per heavy atom. The number of halogens is 1. The van der Waals surface area contributed by atoms with E-state index in [1.165, 1.54) is 6.07 Å². The first-order valence-electron chi connectivity index (χ1n) is 6.38. The number of nitrogens with zero attached hydrogens (tertiary/aromatic N) is 2. The van der Waals surface area contributed by atoms with Gasteiger partial charge in [-0.15, -0.1) is 0 Å². The lowest BCUT2D eigenvalue weighted by atomic mass is 10.1. The van der Waals surface area contributed by atoms with E-state index in [0.717, 1.165) is 11.1 Å². The third-order valence-electron chi connectivity index (χ3n) is 2.80. The van der Waals surface area contributed by atoms with Gasteiger partial charge < -0.3 is 15.2 Å². The molecular weight excluding hydrogens is 261 g/mol. The normalized spacial score (nSPS) is 10.8. The fourth-order valence-corrected chi connectivity index (χ4v) is 1.80. The third kappa shape index (κ3) is 3.55. The lowest BCUT2D eigenvalue weighted by Gasteiger charge is -2.08. The SMILES string of the molecule is COCCOc1cc(-c2cnn(CCN)c2)ccc1F. The highest BCUT2D eigenvalue weighted by Crippen LogP contribution is 2.26. The number of methoxy groups -OCH3 is 1. The first kappa shape index (κ1) is 14.5. The van der Waals surface area contributed by atoms with Crippen LogP contribution in [0.15, 0.2) is 30.6 Å².